The van der Waals surface area contributed by atoms with Crippen LogP contribution in [0.25, 0.3) is 0 Å². The SMILES string of the molecule is CC1(c2nc(COc3ccccc3)no2)CCCCN1. The molecular weight excluding hydrogens is 254 g/mol. The van der Waals surface area contributed by atoms with E-state index in [1.165, 1.54) is 12.8 Å². The summed E-state index contributed by atoms with van der Waals surface area (Å²) < 4.78 is 11.0. The van der Waals surface area contributed by atoms with Gasteiger partial charge in [0.2, 0.25) is 11.7 Å². The van der Waals surface area contributed by atoms with Crippen LogP contribution in [0.1, 0.15) is 37.9 Å². The zero-order chi connectivity index (χ0) is 13.8. The maximum Gasteiger partial charge on any atom is 0.246 e. The van der Waals surface area contributed by atoms with E-state index in [1.807, 2.05) is 30.3 Å². The Morgan fingerprint density at radius 3 is 2.90 bits per heavy atom. The standard InChI is InChI=1S/C15H19N3O2/c1-15(9-5-6-10-16-15)14-17-13(18-20-14)11-19-12-7-3-2-4-8-12/h2-4,7-8,16H,5-6,9-11H2,1H3. The van der Waals surface area contributed by atoms with Crippen molar-refractivity contribution in [3.8, 4) is 5.75 Å². The summed E-state index contributed by atoms with van der Waals surface area (Å²) in [4.78, 5) is 4.46. The van der Waals surface area contributed by atoms with Crippen molar-refractivity contribution >= 4 is 0 Å². The number of hydrogen-bond donors (Lipinski definition) is 1. The highest BCUT2D eigenvalue weighted by Crippen LogP contribution is 2.28. The number of para-hydroxylation sites is 1. The fourth-order valence-electron chi connectivity index (χ4n) is 2.44. The third-order valence-electron chi connectivity index (χ3n) is 3.67. The first kappa shape index (κ1) is 13.1. The zero-order valence-corrected chi connectivity index (χ0v) is 11.6. The van der Waals surface area contributed by atoms with Crippen molar-refractivity contribution in [1.29, 1.82) is 0 Å². The van der Waals surface area contributed by atoms with Crippen LogP contribution in [0.15, 0.2) is 34.9 Å². The molecule has 1 atom stereocenters. The lowest BCUT2D eigenvalue weighted by Crippen LogP contribution is -2.43. The van der Waals surface area contributed by atoms with Crippen LogP contribution in [0.2, 0.25) is 0 Å². The lowest BCUT2D eigenvalue weighted by Gasteiger charge is -2.31. The molecule has 1 fully saturated rings. The summed E-state index contributed by atoms with van der Waals surface area (Å²) in [5.41, 5.74) is -0.198. The van der Waals surface area contributed by atoms with Gasteiger partial charge in [0.25, 0.3) is 0 Å². The second-order valence-electron chi connectivity index (χ2n) is 5.33. The minimum atomic E-state index is -0.198. The molecule has 5 heteroatoms. The van der Waals surface area contributed by atoms with Gasteiger partial charge >= 0.3 is 0 Å². The predicted molar refractivity (Wildman–Crippen MR) is 74.3 cm³/mol. The molecule has 1 aromatic heterocycles. The molecular formula is C15H19N3O2. The number of hydrogen-bond acceptors (Lipinski definition) is 5. The Morgan fingerprint density at radius 1 is 1.30 bits per heavy atom. The molecule has 0 amide bonds. The third kappa shape index (κ3) is 2.82. The summed E-state index contributed by atoms with van der Waals surface area (Å²) in [7, 11) is 0. The van der Waals surface area contributed by atoms with Crippen LogP contribution in [-0.4, -0.2) is 16.7 Å². The molecule has 1 aliphatic rings. The van der Waals surface area contributed by atoms with E-state index in [9.17, 15) is 0 Å². The summed E-state index contributed by atoms with van der Waals surface area (Å²) in [5, 5.41) is 7.46. The minimum Gasteiger partial charge on any atom is -0.485 e. The predicted octanol–water partition coefficient (Wildman–Crippen LogP) is 2.64. The fourth-order valence-corrected chi connectivity index (χ4v) is 2.44. The molecule has 20 heavy (non-hydrogen) atoms. The Bertz CT molecular complexity index is 547. The molecule has 1 aromatic carbocycles. The van der Waals surface area contributed by atoms with Gasteiger partial charge in [0.1, 0.15) is 5.75 Å². The molecule has 0 bridgehead atoms. The molecule has 3 rings (SSSR count). The smallest absolute Gasteiger partial charge is 0.246 e. The first-order chi connectivity index (χ1) is 9.76. The summed E-state index contributed by atoms with van der Waals surface area (Å²) in [6.07, 6.45) is 3.41. The Labute approximate surface area is 118 Å². The van der Waals surface area contributed by atoms with E-state index in [0.29, 0.717) is 18.3 Å². The second kappa shape index (κ2) is 5.63. The molecule has 106 valence electrons. The van der Waals surface area contributed by atoms with E-state index >= 15 is 0 Å². The zero-order valence-electron chi connectivity index (χ0n) is 11.6. The minimum absolute atomic E-state index is 0.198. The Hall–Kier alpha value is -1.88. The van der Waals surface area contributed by atoms with Crippen molar-refractivity contribution in [3.63, 3.8) is 0 Å². The molecule has 1 aliphatic heterocycles. The monoisotopic (exact) mass is 273 g/mol. The Balaban J connectivity index is 1.65. The van der Waals surface area contributed by atoms with Crippen LogP contribution in [-0.2, 0) is 12.1 Å². The molecule has 2 heterocycles. The maximum atomic E-state index is 5.62. The second-order valence-corrected chi connectivity index (χ2v) is 5.33. The van der Waals surface area contributed by atoms with E-state index in [4.69, 9.17) is 9.26 Å². The summed E-state index contributed by atoms with van der Waals surface area (Å²) in [5.74, 6) is 2.04. The summed E-state index contributed by atoms with van der Waals surface area (Å²) >= 11 is 0. The first-order valence-corrected chi connectivity index (χ1v) is 7.02. The van der Waals surface area contributed by atoms with E-state index in [2.05, 4.69) is 22.4 Å². The number of aromatic nitrogens is 2. The van der Waals surface area contributed by atoms with E-state index in [-0.39, 0.29) is 5.54 Å². The summed E-state index contributed by atoms with van der Waals surface area (Å²) in [6, 6.07) is 9.64. The van der Waals surface area contributed by atoms with Gasteiger partial charge < -0.3 is 14.6 Å². The van der Waals surface area contributed by atoms with Gasteiger partial charge in [0, 0.05) is 0 Å². The van der Waals surface area contributed by atoms with Gasteiger partial charge in [-0.1, -0.05) is 23.4 Å². The number of nitrogens with zero attached hydrogens (tertiary/aromatic N) is 2. The van der Waals surface area contributed by atoms with Gasteiger partial charge in [-0.25, -0.2) is 0 Å². The maximum absolute atomic E-state index is 5.62. The molecule has 1 saturated heterocycles. The molecule has 1 unspecified atom stereocenters. The van der Waals surface area contributed by atoms with Crippen molar-refractivity contribution in [2.24, 2.45) is 0 Å². The van der Waals surface area contributed by atoms with Gasteiger partial charge in [-0.3, -0.25) is 0 Å². The molecule has 0 radical (unpaired) electrons. The van der Waals surface area contributed by atoms with Crippen molar-refractivity contribution in [1.82, 2.24) is 15.5 Å². The van der Waals surface area contributed by atoms with Crippen LogP contribution in [0.4, 0.5) is 0 Å². The highest BCUT2D eigenvalue weighted by molar-refractivity contribution is 5.21. The first-order valence-electron chi connectivity index (χ1n) is 7.02. The lowest BCUT2D eigenvalue weighted by molar-refractivity contribution is 0.205. The van der Waals surface area contributed by atoms with Gasteiger partial charge in [-0.05, 0) is 44.9 Å². The highest BCUT2D eigenvalue weighted by atomic mass is 16.5. The van der Waals surface area contributed by atoms with Crippen LogP contribution in [0, 0.1) is 0 Å². The average molecular weight is 273 g/mol. The number of ether oxygens (including phenoxy) is 1. The molecule has 1 N–H and O–H groups in total. The molecule has 0 aliphatic carbocycles. The largest absolute Gasteiger partial charge is 0.485 e. The topological polar surface area (TPSA) is 60.2 Å². The summed E-state index contributed by atoms with van der Waals surface area (Å²) in [6.45, 7) is 3.43. The Morgan fingerprint density at radius 2 is 2.15 bits per heavy atom. The quantitative estimate of drug-likeness (QED) is 0.928. The molecule has 0 saturated carbocycles. The number of rotatable bonds is 4. The molecule has 5 nitrogen and oxygen atoms in total. The fraction of sp³-hybridized carbons (Fsp3) is 0.467. The van der Waals surface area contributed by atoms with Crippen molar-refractivity contribution in [3.05, 3.63) is 42.0 Å². The van der Waals surface area contributed by atoms with Crippen LogP contribution in [0.5, 0.6) is 5.75 Å². The lowest BCUT2D eigenvalue weighted by atomic mass is 9.91. The number of benzene rings is 1. The number of piperidine rings is 1. The highest BCUT2D eigenvalue weighted by Gasteiger charge is 2.34. The average Bonchev–Trinajstić information content (AvgIpc) is 2.97. The van der Waals surface area contributed by atoms with Crippen LogP contribution in [0.3, 0.4) is 0 Å². The van der Waals surface area contributed by atoms with Crippen molar-refractivity contribution in [2.45, 2.75) is 38.3 Å². The normalized spacial score (nSPS) is 22.6. The van der Waals surface area contributed by atoms with Crippen LogP contribution >= 0.6 is 0 Å². The van der Waals surface area contributed by atoms with Gasteiger partial charge in [-0.15, -0.1) is 0 Å². The molecule has 2 aromatic rings. The van der Waals surface area contributed by atoms with Gasteiger partial charge in [0.05, 0.1) is 5.54 Å². The van der Waals surface area contributed by atoms with Gasteiger partial charge in [-0.2, -0.15) is 4.98 Å². The van der Waals surface area contributed by atoms with Crippen LogP contribution < -0.4 is 10.1 Å². The third-order valence-corrected chi connectivity index (χ3v) is 3.67. The number of nitrogens with one attached hydrogen (secondary N) is 1. The van der Waals surface area contributed by atoms with Crippen molar-refractivity contribution in [2.75, 3.05) is 6.54 Å². The molecule has 0 spiro atoms. The Kier molecular flexibility index (Phi) is 3.69. The van der Waals surface area contributed by atoms with E-state index in [0.717, 1.165) is 18.7 Å². The van der Waals surface area contributed by atoms with Crippen molar-refractivity contribution < 1.29 is 9.26 Å². The van der Waals surface area contributed by atoms with Gasteiger partial charge in [0.15, 0.2) is 6.61 Å². The van der Waals surface area contributed by atoms with E-state index < -0.39 is 0 Å². The van der Waals surface area contributed by atoms with E-state index in [1.54, 1.807) is 0 Å².